The van der Waals surface area contributed by atoms with Gasteiger partial charge in [0.15, 0.2) is 5.96 Å². The van der Waals surface area contributed by atoms with Crippen LogP contribution in [0.2, 0.25) is 0 Å². The predicted octanol–water partition coefficient (Wildman–Crippen LogP) is 1.53. The van der Waals surface area contributed by atoms with Crippen LogP contribution in [-0.4, -0.2) is 74.5 Å². The van der Waals surface area contributed by atoms with E-state index in [1.165, 1.54) is 19.3 Å². The van der Waals surface area contributed by atoms with Gasteiger partial charge >= 0.3 is 0 Å². The van der Waals surface area contributed by atoms with Crippen molar-refractivity contribution < 1.29 is 4.79 Å². The largest absolute Gasteiger partial charge is 0.356 e. The molecule has 6 nitrogen and oxygen atoms in total. The Morgan fingerprint density at radius 2 is 1.80 bits per heavy atom. The van der Waals surface area contributed by atoms with Gasteiger partial charge in [0.25, 0.3) is 0 Å². The van der Waals surface area contributed by atoms with Crippen LogP contribution in [-0.2, 0) is 4.79 Å². The van der Waals surface area contributed by atoms with Crippen molar-refractivity contribution in [2.75, 3.05) is 52.9 Å². The third kappa shape index (κ3) is 6.84. The van der Waals surface area contributed by atoms with Gasteiger partial charge in [-0.1, -0.05) is 20.3 Å². The fourth-order valence-corrected chi connectivity index (χ4v) is 3.38. The summed E-state index contributed by atoms with van der Waals surface area (Å²) in [4.78, 5) is 21.1. The van der Waals surface area contributed by atoms with Gasteiger partial charge in [-0.2, -0.15) is 0 Å². The maximum absolute atomic E-state index is 12.3. The molecule has 6 heteroatoms. The Labute approximate surface area is 153 Å². The highest BCUT2D eigenvalue weighted by Gasteiger charge is 2.30. The van der Waals surface area contributed by atoms with Crippen LogP contribution in [0.15, 0.2) is 4.99 Å². The Morgan fingerprint density at radius 1 is 1.12 bits per heavy atom. The van der Waals surface area contributed by atoms with Crippen molar-refractivity contribution >= 4 is 11.9 Å². The van der Waals surface area contributed by atoms with Gasteiger partial charge in [-0.25, -0.2) is 0 Å². The Morgan fingerprint density at radius 3 is 2.36 bits per heavy atom. The summed E-state index contributed by atoms with van der Waals surface area (Å²) in [5.74, 6) is 2.38. The summed E-state index contributed by atoms with van der Waals surface area (Å²) in [7, 11) is 1.82. The molecule has 0 aromatic heterocycles. The SMILES string of the molecule is CN=C(NCCCC(C)C)NCCN1CCN(C(=O)C2CCC2)CC1. The van der Waals surface area contributed by atoms with Crippen LogP contribution in [0.1, 0.15) is 46.0 Å². The number of nitrogens with zero attached hydrogens (tertiary/aromatic N) is 3. The van der Waals surface area contributed by atoms with Crippen molar-refractivity contribution in [3.63, 3.8) is 0 Å². The summed E-state index contributed by atoms with van der Waals surface area (Å²) in [6.07, 6.45) is 5.86. The van der Waals surface area contributed by atoms with Crippen LogP contribution in [0.5, 0.6) is 0 Å². The number of guanidine groups is 1. The maximum atomic E-state index is 12.3. The predicted molar refractivity (Wildman–Crippen MR) is 104 cm³/mol. The molecule has 0 bridgehead atoms. The third-order valence-electron chi connectivity index (χ3n) is 5.33. The monoisotopic (exact) mass is 351 g/mol. The van der Waals surface area contributed by atoms with E-state index in [4.69, 9.17) is 0 Å². The highest BCUT2D eigenvalue weighted by atomic mass is 16.2. The van der Waals surface area contributed by atoms with E-state index in [1.54, 1.807) is 0 Å². The highest BCUT2D eigenvalue weighted by Crippen LogP contribution is 2.28. The normalized spacial score (nSPS) is 19.8. The molecule has 25 heavy (non-hydrogen) atoms. The molecule has 0 atom stereocenters. The smallest absolute Gasteiger partial charge is 0.225 e. The van der Waals surface area contributed by atoms with E-state index >= 15 is 0 Å². The quantitative estimate of drug-likeness (QED) is 0.396. The number of amides is 1. The van der Waals surface area contributed by atoms with E-state index in [-0.39, 0.29) is 0 Å². The summed E-state index contributed by atoms with van der Waals surface area (Å²) in [5, 5.41) is 6.77. The van der Waals surface area contributed by atoms with Crippen molar-refractivity contribution in [1.82, 2.24) is 20.4 Å². The summed E-state index contributed by atoms with van der Waals surface area (Å²) >= 11 is 0. The van der Waals surface area contributed by atoms with Crippen LogP contribution in [0.3, 0.4) is 0 Å². The van der Waals surface area contributed by atoms with Crippen molar-refractivity contribution in [1.29, 1.82) is 0 Å². The van der Waals surface area contributed by atoms with Crippen LogP contribution in [0, 0.1) is 11.8 Å². The molecule has 1 heterocycles. The standard InChI is InChI=1S/C19H37N5O/c1-16(2)6-5-9-21-19(20-3)22-10-11-23-12-14-24(15-13-23)18(25)17-7-4-8-17/h16-17H,4-15H2,1-3H3,(H2,20,21,22). The molecule has 1 saturated heterocycles. The molecule has 2 rings (SSSR count). The van der Waals surface area contributed by atoms with E-state index in [1.807, 2.05) is 7.05 Å². The van der Waals surface area contributed by atoms with Crippen LogP contribution in [0.4, 0.5) is 0 Å². The average Bonchev–Trinajstić information content (AvgIpc) is 2.55. The fraction of sp³-hybridized carbons (Fsp3) is 0.895. The van der Waals surface area contributed by atoms with Gasteiger partial charge in [0.05, 0.1) is 0 Å². The van der Waals surface area contributed by atoms with Crippen LogP contribution < -0.4 is 10.6 Å². The molecule has 0 aromatic rings. The molecule has 2 fully saturated rings. The minimum atomic E-state index is 0.332. The van der Waals surface area contributed by atoms with Gasteiger partial charge in [-0.3, -0.25) is 14.7 Å². The third-order valence-corrected chi connectivity index (χ3v) is 5.33. The first kappa shape index (κ1) is 20.0. The lowest BCUT2D eigenvalue weighted by Crippen LogP contribution is -2.52. The molecular weight excluding hydrogens is 314 g/mol. The van der Waals surface area contributed by atoms with Crippen molar-refractivity contribution in [2.24, 2.45) is 16.8 Å². The van der Waals surface area contributed by atoms with Crippen molar-refractivity contribution in [3.05, 3.63) is 0 Å². The molecule has 1 aliphatic heterocycles. The molecule has 1 saturated carbocycles. The van der Waals surface area contributed by atoms with E-state index in [0.29, 0.717) is 11.8 Å². The first-order valence-corrected chi connectivity index (χ1v) is 10.1. The van der Waals surface area contributed by atoms with Gasteiger partial charge in [0.1, 0.15) is 0 Å². The number of hydrogen-bond acceptors (Lipinski definition) is 3. The van der Waals surface area contributed by atoms with E-state index in [2.05, 4.69) is 39.3 Å². The zero-order valence-electron chi connectivity index (χ0n) is 16.4. The Bertz CT molecular complexity index is 426. The molecule has 0 radical (unpaired) electrons. The number of nitrogens with one attached hydrogen (secondary N) is 2. The molecule has 2 N–H and O–H groups in total. The highest BCUT2D eigenvalue weighted by molar-refractivity contribution is 5.80. The summed E-state index contributed by atoms with van der Waals surface area (Å²) in [6, 6.07) is 0. The first-order chi connectivity index (χ1) is 12.1. The molecule has 1 aliphatic carbocycles. The summed E-state index contributed by atoms with van der Waals surface area (Å²) < 4.78 is 0. The van der Waals surface area contributed by atoms with Crippen LogP contribution in [0.25, 0.3) is 0 Å². The van der Waals surface area contributed by atoms with Gasteiger partial charge in [-0.15, -0.1) is 0 Å². The second-order valence-electron chi connectivity index (χ2n) is 7.76. The molecular formula is C19H37N5O. The fourth-order valence-electron chi connectivity index (χ4n) is 3.38. The van der Waals surface area contributed by atoms with Crippen molar-refractivity contribution in [3.8, 4) is 0 Å². The van der Waals surface area contributed by atoms with Crippen molar-refractivity contribution in [2.45, 2.75) is 46.0 Å². The Kier molecular flexibility index (Phi) is 8.52. The molecule has 0 spiro atoms. The number of carbonyl (C=O) groups is 1. The zero-order valence-corrected chi connectivity index (χ0v) is 16.4. The van der Waals surface area contributed by atoms with E-state index in [0.717, 1.165) is 70.5 Å². The van der Waals surface area contributed by atoms with Gasteiger partial charge < -0.3 is 15.5 Å². The first-order valence-electron chi connectivity index (χ1n) is 10.1. The lowest BCUT2D eigenvalue weighted by molar-refractivity contribution is -0.139. The second kappa shape index (κ2) is 10.6. The number of hydrogen-bond donors (Lipinski definition) is 2. The lowest BCUT2D eigenvalue weighted by Gasteiger charge is -2.38. The minimum absolute atomic E-state index is 0.332. The average molecular weight is 352 g/mol. The molecule has 1 amide bonds. The van der Waals surface area contributed by atoms with E-state index in [9.17, 15) is 4.79 Å². The minimum Gasteiger partial charge on any atom is -0.356 e. The van der Waals surface area contributed by atoms with Gasteiger partial charge in [-0.05, 0) is 31.6 Å². The van der Waals surface area contributed by atoms with Gasteiger partial charge in [0, 0.05) is 58.8 Å². The molecule has 0 aromatic carbocycles. The molecule has 2 aliphatic rings. The number of rotatable bonds is 8. The molecule has 0 unspecified atom stereocenters. The number of carbonyl (C=O) groups excluding carboxylic acids is 1. The maximum Gasteiger partial charge on any atom is 0.225 e. The zero-order chi connectivity index (χ0) is 18.1. The topological polar surface area (TPSA) is 60.0 Å². The number of aliphatic imine (C=N–C) groups is 1. The lowest BCUT2D eigenvalue weighted by atomic mass is 9.84. The Balaban J connectivity index is 1.55. The molecule has 144 valence electrons. The Hall–Kier alpha value is -1.30. The second-order valence-corrected chi connectivity index (χ2v) is 7.76. The summed E-state index contributed by atoms with van der Waals surface area (Å²) in [6.45, 7) is 11.1. The number of piperazine rings is 1. The summed E-state index contributed by atoms with van der Waals surface area (Å²) in [5.41, 5.74) is 0. The van der Waals surface area contributed by atoms with Gasteiger partial charge in [0.2, 0.25) is 5.91 Å². The van der Waals surface area contributed by atoms with E-state index < -0.39 is 0 Å². The van der Waals surface area contributed by atoms with Crippen LogP contribution >= 0.6 is 0 Å².